The van der Waals surface area contributed by atoms with Crippen LogP contribution in [-0.4, -0.2) is 35.0 Å². The van der Waals surface area contributed by atoms with Crippen LogP contribution < -0.4 is 4.74 Å². The third-order valence-corrected chi connectivity index (χ3v) is 6.75. The quantitative estimate of drug-likeness (QED) is 0.612. The van der Waals surface area contributed by atoms with E-state index in [1.54, 1.807) is 11.3 Å². The SMILES string of the molecule is Cc1ccc(C(=O)N2CCC(Oc3nc4c(C)ccc(C)c4s3)CC2)cc1C. The molecule has 0 saturated carbocycles. The Bertz CT molecular complexity index is 994. The predicted molar refractivity (Wildman–Crippen MR) is 115 cm³/mol. The van der Waals surface area contributed by atoms with Crippen molar-refractivity contribution in [3.05, 3.63) is 58.1 Å². The van der Waals surface area contributed by atoms with Crippen molar-refractivity contribution in [1.29, 1.82) is 0 Å². The van der Waals surface area contributed by atoms with E-state index in [4.69, 9.17) is 9.72 Å². The summed E-state index contributed by atoms with van der Waals surface area (Å²) in [5, 5.41) is 0.742. The van der Waals surface area contributed by atoms with Gasteiger partial charge in [-0.1, -0.05) is 29.5 Å². The minimum absolute atomic E-state index is 0.116. The molecule has 0 radical (unpaired) electrons. The van der Waals surface area contributed by atoms with E-state index in [1.807, 2.05) is 30.0 Å². The van der Waals surface area contributed by atoms with Gasteiger partial charge in [0.15, 0.2) is 0 Å². The maximum absolute atomic E-state index is 12.8. The highest BCUT2D eigenvalue weighted by atomic mass is 32.1. The molecule has 1 aromatic heterocycles. The van der Waals surface area contributed by atoms with E-state index in [-0.39, 0.29) is 12.0 Å². The smallest absolute Gasteiger partial charge is 0.274 e. The topological polar surface area (TPSA) is 42.4 Å². The summed E-state index contributed by atoms with van der Waals surface area (Å²) in [4.78, 5) is 19.4. The summed E-state index contributed by atoms with van der Waals surface area (Å²) in [6, 6.07) is 10.2. The molecule has 0 atom stereocenters. The number of ether oxygens (including phenoxy) is 1. The number of aromatic nitrogens is 1. The Labute approximate surface area is 170 Å². The van der Waals surface area contributed by atoms with Gasteiger partial charge in [0.1, 0.15) is 6.10 Å². The lowest BCUT2D eigenvalue weighted by molar-refractivity contribution is 0.0595. The highest BCUT2D eigenvalue weighted by Crippen LogP contribution is 2.33. The zero-order valence-corrected chi connectivity index (χ0v) is 17.7. The lowest BCUT2D eigenvalue weighted by atomic mass is 10.0. The zero-order chi connectivity index (χ0) is 19.8. The van der Waals surface area contributed by atoms with Crippen LogP contribution in [-0.2, 0) is 0 Å². The molecule has 0 unspecified atom stereocenters. The average Bonchev–Trinajstić information content (AvgIpc) is 3.12. The number of carbonyl (C=O) groups is 1. The summed E-state index contributed by atoms with van der Waals surface area (Å²) >= 11 is 1.62. The molecule has 2 aromatic carbocycles. The van der Waals surface area contributed by atoms with Crippen LogP contribution in [0.15, 0.2) is 30.3 Å². The Morgan fingerprint density at radius 2 is 1.68 bits per heavy atom. The van der Waals surface area contributed by atoms with Crippen LogP contribution in [0.4, 0.5) is 0 Å². The van der Waals surface area contributed by atoms with Crippen LogP contribution in [0.3, 0.4) is 0 Å². The number of piperidine rings is 1. The summed E-state index contributed by atoms with van der Waals surface area (Å²) in [5.41, 5.74) is 6.61. The molecule has 1 fully saturated rings. The van der Waals surface area contributed by atoms with E-state index in [9.17, 15) is 4.79 Å². The molecule has 1 saturated heterocycles. The first-order chi connectivity index (χ1) is 13.4. The van der Waals surface area contributed by atoms with Crippen LogP contribution in [0.25, 0.3) is 10.2 Å². The summed E-state index contributed by atoms with van der Waals surface area (Å²) in [7, 11) is 0. The Morgan fingerprint density at radius 3 is 2.36 bits per heavy atom. The first kappa shape index (κ1) is 18.9. The van der Waals surface area contributed by atoms with Gasteiger partial charge in [0.25, 0.3) is 11.1 Å². The third kappa shape index (κ3) is 3.63. The minimum Gasteiger partial charge on any atom is -0.467 e. The Morgan fingerprint density at radius 1 is 1.00 bits per heavy atom. The standard InChI is InChI=1S/C23H26N2O2S/c1-14-7-8-18(13-17(14)4)22(26)25-11-9-19(10-12-25)27-23-24-20-15(2)5-6-16(3)21(20)28-23/h5-8,13,19H,9-12H2,1-4H3. The number of likely N-dealkylation sites (tertiary alicyclic amines) is 1. The average molecular weight is 395 g/mol. The number of hydrogen-bond acceptors (Lipinski definition) is 4. The molecule has 5 heteroatoms. The molecule has 1 amide bonds. The third-order valence-electron chi connectivity index (χ3n) is 5.67. The number of thiazole rings is 1. The summed E-state index contributed by atoms with van der Waals surface area (Å²) in [6.07, 6.45) is 1.79. The first-order valence-electron chi connectivity index (χ1n) is 9.82. The van der Waals surface area contributed by atoms with E-state index < -0.39 is 0 Å². The molecule has 2 heterocycles. The van der Waals surface area contributed by atoms with Crippen molar-refractivity contribution >= 4 is 27.5 Å². The highest BCUT2D eigenvalue weighted by molar-refractivity contribution is 7.20. The van der Waals surface area contributed by atoms with E-state index in [1.165, 1.54) is 21.4 Å². The fraction of sp³-hybridized carbons (Fsp3) is 0.391. The van der Waals surface area contributed by atoms with Gasteiger partial charge in [-0.2, -0.15) is 0 Å². The monoisotopic (exact) mass is 394 g/mol. The van der Waals surface area contributed by atoms with E-state index in [0.29, 0.717) is 0 Å². The lowest BCUT2D eigenvalue weighted by Crippen LogP contribution is -2.41. The molecular formula is C23H26N2O2S. The van der Waals surface area contributed by atoms with Gasteiger partial charge in [0.2, 0.25) is 0 Å². The molecule has 0 spiro atoms. The number of rotatable bonds is 3. The molecule has 146 valence electrons. The van der Waals surface area contributed by atoms with Crippen molar-refractivity contribution in [1.82, 2.24) is 9.88 Å². The van der Waals surface area contributed by atoms with Gasteiger partial charge in [-0.05, 0) is 62.1 Å². The number of nitrogens with zero attached hydrogens (tertiary/aromatic N) is 2. The molecular weight excluding hydrogens is 368 g/mol. The molecule has 0 N–H and O–H groups in total. The van der Waals surface area contributed by atoms with Crippen molar-refractivity contribution in [3.8, 4) is 5.19 Å². The second-order valence-corrected chi connectivity index (χ2v) is 8.73. The van der Waals surface area contributed by atoms with Crippen molar-refractivity contribution in [2.45, 2.75) is 46.6 Å². The largest absolute Gasteiger partial charge is 0.467 e. The maximum atomic E-state index is 12.8. The van der Waals surface area contributed by atoms with E-state index >= 15 is 0 Å². The van der Waals surface area contributed by atoms with Gasteiger partial charge in [-0.25, -0.2) is 4.98 Å². The van der Waals surface area contributed by atoms with Crippen LogP contribution in [0.5, 0.6) is 5.19 Å². The van der Waals surface area contributed by atoms with Gasteiger partial charge < -0.3 is 9.64 Å². The number of benzene rings is 2. The molecule has 4 rings (SSSR count). The molecule has 1 aliphatic rings. The molecule has 0 bridgehead atoms. The lowest BCUT2D eigenvalue weighted by Gasteiger charge is -2.31. The van der Waals surface area contributed by atoms with Gasteiger partial charge >= 0.3 is 0 Å². The Kier molecular flexibility index (Phi) is 5.11. The number of fused-ring (bicyclic) bond motifs is 1. The zero-order valence-electron chi connectivity index (χ0n) is 16.9. The van der Waals surface area contributed by atoms with Crippen molar-refractivity contribution in [2.75, 3.05) is 13.1 Å². The van der Waals surface area contributed by atoms with Crippen molar-refractivity contribution in [2.24, 2.45) is 0 Å². The fourth-order valence-electron chi connectivity index (χ4n) is 3.67. The summed E-state index contributed by atoms with van der Waals surface area (Å²) in [5.74, 6) is 0.118. The molecule has 3 aromatic rings. The number of aryl methyl sites for hydroxylation is 4. The number of hydrogen-bond donors (Lipinski definition) is 0. The van der Waals surface area contributed by atoms with Gasteiger partial charge in [-0.3, -0.25) is 4.79 Å². The molecule has 0 aliphatic carbocycles. The molecule has 4 nitrogen and oxygen atoms in total. The predicted octanol–water partition coefficient (Wildman–Crippen LogP) is 5.21. The van der Waals surface area contributed by atoms with Crippen molar-refractivity contribution in [3.63, 3.8) is 0 Å². The van der Waals surface area contributed by atoms with Crippen LogP contribution in [0.1, 0.15) is 45.5 Å². The Balaban J connectivity index is 1.40. The van der Waals surface area contributed by atoms with Gasteiger partial charge in [0.05, 0.1) is 10.2 Å². The molecule has 1 aliphatic heterocycles. The first-order valence-corrected chi connectivity index (χ1v) is 10.6. The number of carbonyl (C=O) groups excluding carboxylic acids is 1. The van der Waals surface area contributed by atoms with Gasteiger partial charge in [-0.15, -0.1) is 0 Å². The second kappa shape index (κ2) is 7.55. The maximum Gasteiger partial charge on any atom is 0.274 e. The molecule has 28 heavy (non-hydrogen) atoms. The van der Waals surface area contributed by atoms with E-state index in [0.717, 1.165) is 47.8 Å². The normalized spacial score (nSPS) is 15.2. The van der Waals surface area contributed by atoms with Gasteiger partial charge in [0, 0.05) is 31.5 Å². The Hall–Kier alpha value is -2.40. The van der Waals surface area contributed by atoms with E-state index in [2.05, 4.69) is 32.9 Å². The van der Waals surface area contributed by atoms with Crippen LogP contribution in [0, 0.1) is 27.7 Å². The van der Waals surface area contributed by atoms with Crippen LogP contribution >= 0.6 is 11.3 Å². The number of amides is 1. The highest BCUT2D eigenvalue weighted by Gasteiger charge is 2.25. The van der Waals surface area contributed by atoms with Crippen LogP contribution in [0.2, 0.25) is 0 Å². The summed E-state index contributed by atoms with van der Waals surface area (Å²) < 4.78 is 7.39. The second-order valence-electron chi connectivity index (χ2n) is 7.77. The fourth-order valence-corrected chi connectivity index (χ4v) is 4.69. The summed E-state index contributed by atoms with van der Waals surface area (Å²) in [6.45, 7) is 9.76. The van der Waals surface area contributed by atoms with Crippen molar-refractivity contribution < 1.29 is 9.53 Å². The minimum atomic E-state index is 0.116.